The zero-order valence-corrected chi connectivity index (χ0v) is 16.2. The summed E-state index contributed by atoms with van der Waals surface area (Å²) < 4.78 is 1.02. The molecule has 25 heavy (non-hydrogen) atoms. The van der Waals surface area contributed by atoms with E-state index >= 15 is 0 Å². The molecule has 3 rings (SSSR count). The first-order chi connectivity index (χ1) is 12.0. The molecule has 0 fully saturated rings. The number of benzene rings is 1. The molecule has 0 aliphatic heterocycles. The van der Waals surface area contributed by atoms with Crippen molar-refractivity contribution in [2.24, 2.45) is 0 Å². The third-order valence-corrected chi connectivity index (χ3v) is 5.15. The summed E-state index contributed by atoms with van der Waals surface area (Å²) in [5.41, 5.74) is 3.52. The van der Waals surface area contributed by atoms with Crippen LogP contribution in [0, 0.1) is 13.8 Å². The average Bonchev–Trinajstić information content (AvgIpc) is 2.98. The molecule has 0 atom stereocenters. The highest BCUT2D eigenvalue weighted by Crippen LogP contribution is 2.22. The van der Waals surface area contributed by atoms with Gasteiger partial charge in [-0.1, -0.05) is 22.0 Å². The van der Waals surface area contributed by atoms with E-state index in [1.165, 1.54) is 11.3 Å². The van der Waals surface area contributed by atoms with Gasteiger partial charge in [0.2, 0.25) is 5.91 Å². The van der Waals surface area contributed by atoms with Gasteiger partial charge < -0.3 is 10.6 Å². The van der Waals surface area contributed by atoms with E-state index in [0.717, 1.165) is 38.1 Å². The largest absolute Gasteiger partial charge is 0.326 e. The van der Waals surface area contributed by atoms with Crippen molar-refractivity contribution >= 4 is 49.8 Å². The first kappa shape index (κ1) is 17.6. The molecule has 2 aromatic heterocycles. The molecule has 0 unspecified atom stereocenters. The molecule has 0 aliphatic carbocycles. The highest BCUT2D eigenvalue weighted by molar-refractivity contribution is 9.10. The number of carbonyl (C=O) groups excluding carboxylic acids is 1. The van der Waals surface area contributed by atoms with Gasteiger partial charge in [0.1, 0.15) is 5.82 Å². The van der Waals surface area contributed by atoms with Gasteiger partial charge in [-0.3, -0.25) is 4.79 Å². The Bertz CT molecular complexity index is 910. The highest BCUT2D eigenvalue weighted by Gasteiger charge is 2.09. The Balaban J connectivity index is 1.60. The van der Waals surface area contributed by atoms with Crippen LogP contribution in [0.4, 0.5) is 16.6 Å². The summed E-state index contributed by atoms with van der Waals surface area (Å²) in [6.45, 7) is 3.92. The molecule has 1 amide bonds. The first-order valence-electron chi connectivity index (χ1n) is 7.71. The molecule has 5 nitrogen and oxygen atoms in total. The van der Waals surface area contributed by atoms with Crippen LogP contribution < -0.4 is 10.6 Å². The van der Waals surface area contributed by atoms with E-state index in [1.54, 1.807) is 0 Å². The van der Waals surface area contributed by atoms with Crippen molar-refractivity contribution in [1.29, 1.82) is 0 Å². The summed E-state index contributed by atoms with van der Waals surface area (Å²) in [6.07, 6.45) is 0.231. The Morgan fingerprint density at radius 3 is 2.80 bits per heavy atom. The normalized spacial score (nSPS) is 10.5. The number of aryl methyl sites for hydroxylation is 2. The van der Waals surface area contributed by atoms with E-state index in [9.17, 15) is 4.79 Å². The minimum absolute atomic E-state index is 0.0905. The number of halogens is 1. The summed E-state index contributed by atoms with van der Waals surface area (Å²) in [5, 5.41) is 8.66. The van der Waals surface area contributed by atoms with Crippen LogP contribution in [0.15, 0.2) is 46.3 Å². The molecule has 0 radical (unpaired) electrons. The van der Waals surface area contributed by atoms with Crippen molar-refractivity contribution in [2.75, 3.05) is 10.6 Å². The maximum atomic E-state index is 12.2. The van der Waals surface area contributed by atoms with Gasteiger partial charge in [0.15, 0.2) is 5.13 Å². The lowest BCUT2D eigenvalue weighted by Gasteiger charge is -2.06. The molecule has 0 spiro atoms. The van der Waals surface area contributed by atoms with Gasteiger partial charge >= 0.3 is 0 Å². The van der Waals surface area contributed by atoms with Crippen molar-refractivity contribution in [2.45, 2.75) is 20.3 Å². The second kappa shape index (κ2) is 7.76. The fourth-order valence-electron chi connectivity index (χ4n) is 2.26. The standard InChI is InChI=1S/C18H17BrN4OS/c1-11-8-13(6-7-15(11)19)21-17(24)9-14-10-25-18(22-14)23-16-5-3-4-12(2)20-16/h3-8,10H,9H2,1-2H3,(H,21,24)(H,20,22,23). The Labute approximate surface area is 158 Å². The summed E-state index contributed by atoms with van der Waals surface area (Å²) >= 11 is 4.90. The molecular formula is C18H17BrN4OS. The number of nitrogens with one attached hydrogen (secondary N) is 2. The van der Waals surface area contributed by atoms with Gasteiger partial charge in [0, 0.05) is 21.2 Å². The van der Waals surface area contributed by atoms with E-state index in [0.29, 0.717) is 0 Å². The predicted octanol–water partition coefficient (Wildman–Crippen LogP) is 4.84. The SMILES string of the molecule is Cc1cccc(Nc2nc(CC(=O)Nc3ccc(Br)c(C)c3)cs2)n1. The van der Waals surface area contributed by atoms with Crippen molar-refractivity contribution in [3.05, 3.63) is 63.2 Å². The van der Waals surface area contributed by atoms with Crippen LogP contribution in [0.25, 0.3) is 0 Å². The van der Waals surface area contributed by atoms with Crippen LogP contribution in [-0.2, 0) is 11.2 Å². The lowest BCUT2D eigenvalue weighted by atomic mass is 10.2. The van der Waals surface area contributed by atoms with E-state index in [2.05, 4.69) is 36.5 Å². The number of hydrogen-bond donors (Lipinski definition) is 2. The van der Waals surface area contributed by atoms with E-state index in [1.807, 2.05) is 55.6 Å². The van der Waals surface area contributed by atoms with E-state index in [4.69, 9.17) is 0 Å². The quantitative estimate of drug-likeness (QED) is 0.623. The summed E-state index contributed by atoms with van der Waals surface area (Å²) in [4.78, 5) is 21.0. The Kier molecular flexibility index (Phi) is 5.45. The van der Waals surface area contributed by atoms with E-state index in [-0.39, 0.29) is 12.3 Å². The van der Waals surface area contributed by atoms with Gasteiger partial charge in [-0.2, -0.15) is 0 Å². The predicted molar refractivity (Wildman–Crippen MR) is 106 cm³/mol. The molecule has 1 aromatic carbocycles. The lowest BCUT2D eigenvalue weighted by molar-refractivity contribution is -0.115. The second-order valence-electron chi connectivity index (χ2n) is 5.62. The van der Waals surface area contributed by atoms with Crippen LogP contribution in [-0.4, -0.2) is 15.9 Å². The van der Waals surface area contributed by atoms with Gasteiger partial charge in [0.05, 0.1) is 12.1 Å². The number of rotatable bonds is 5. The number of carbonyl (C=O) groups is 1. The Hall–Kier alpha value is -2.25. The zero-order chi connectivity index (χ0) is 17.8. The fourth-order valence-corrected chi connectivity index (χ4v) is 3.22. The molecule has 0 saturated carbocycles. The summed E-state index contributed by atoms with van der Waals surface area (Å²) in [5.74, 6) is 0.656. The van der Waals surface area contributed by atoms with Crippen LogP contribution in [0.2, 0.25) is 0 Å². The van der Waals surface area contributed by atoms with Crippen LogP contribution in [0.5, 0.6) is 0 Å². The fraction of sp³-hybridized carbons (Fsp3) is 0.167. The molecule has 2 heterocycles. The maximum Gasteiger partial charge on any atom is 0.230 e. The van der Waals surface area contributed by atoms with E-state index < -0.39 is 0 Å². The first-order valence-corrected chi connectivity index (χ1v) is 9.38. The minimum Gasteiger partial charge on any atom is -0.326 e. The van der Waals surface area contributed by atoms with Gasteiger partial charge in [0.25, 0.3) is 0 Å². The number of pyridine rings is 1. The van der Waals surface area contributed by atoms with Gasteiger partial charge in [-0.25, -0.2) is 9.97 Å². The number of aromatic nitrogens is 2. The lowest BCUT2D eigenvalue weighted by Crippen LogP contribution is -2.14. The average molecular weight is 417 g/mol. The van der Waals surface area contributed by atoms with Crippen LogP contribution in [0.3, 0.4) is 0 Å². The maximum absolute atomic E-state index is 12.2. The van der Waals surface area contributed by atoms with Crippen molar-refractivity contribution < 1.29 is 4.79 Å². The van der Waals surface area contributed by atoms with Gasteiger partial charge in [-0.15, -0.1) is 11.3 Å². The van der Waals surface area contributed by atoms with Crippen molar-refractivity contribution in [3.63, 3.8) is 0 Å². The molecule has 3 aromatic rings. The monoisotopic (exact) mass is 416 g/mol. The molecule has 0 saturated heterocycles. The number of thiazole rings is 1. The van der Waals surface area contributed by atoms with Crippen LogP contribution >= 0.6 is 27.3 Å². The zero-order valence-electron chi connectivity index (χ0n) is 13.8. The molecule has 128 valence electrons. The smallest absolute Gasteiger partial charge is 0.230 e. The highest BCUT2D eigenvalue weighted by atomic mass is 79.9. The number of amides is 1. The minimum atomic E-state index is -0.0905. The van der Waals surface area contributed by atoms with Crippen molar-refractivity contribution in [1.82, 2.24) is 9.97 Å². The second-order valence-corrected chi connectivity index (χ2v) is 7.33. The molecule has 0 aliphatic rings. The molecular weight excluding hydrogens is 400 g/mol. The third kappa shape index (κ3) is 4.87. The summed E-state index contributed by atoms with van der Waals surface area (Å²) in [7, 11) is 0. The molecule has 2 N–H and O–H groups in total. The van der Waals surface area contributed by atoms with Crippen molar-refractivity contribution in [3.8, 4) is 0 Å². The number of hydrogen-bond acceptors (Lipinski definition) is 5. The number of anilines is 3. The Morgan fingerprint density at radius 2 is 2.04 bits per heavy atom. The van der Waals surface area contributed by atoms with Gasteiger partial charge in [-0.05, 0) is 49.7 Å². The number of nitrogens with zero attached hydrogens (tertiary/aromatic N) is 2. The summed E-state index contributed by atoms with van der Waals surface area (Å²) in [6, 6.07) is 11.5. The Morgan fingerprint density at radius 1 is 1.20 bits per heavy atom. The molecule has 7 heteroatoms. The van der Waals surface area contributed by atoms with Crippen LogP contribution in [0.1, 0.15) is 17.0 Å². The topological polar surface area (TPSA) is 66.9 Å². The third-order valence-electron chi connectivity index (χ3n) is 3.46. The molecule has 0 bridgehead atoms.